The van der Waals surface area contributed by atoms with Crippen LogP contribution >= 0.6 is 11.8 Å². The number of carbonyl (C=O) groups excluding carboxylic acids is 1. The highest BCUT2D eigenvalue weighted by atomic mass is 32.2. The fourth-order valence-corrected chi connectivity index (χ4v) is 2.32. The van der Waals surface area contributed by atoms with Gasteiger partial charge in [0.15, 0.2) is 0 Å². The lowest BCUT2D eigenvalue weighted by Crippen LogP contribution is -2.47. The maximum Gasteiger partial charge on any atom is 0.326 e. The van der Waals surface area contributed by atoms with Crippen LogP contribution in [0.5, 0.6) is 0 Å². The Balaban J connectivity index is 2.40. The number of urea groups is 1. The highest BCUT2D eigenvalue weighted by Crippen LogP contribution is 2.12. The minimum Gasteiger partial charge on any atom is -0.480 e. The van der Waals surface area contributed by atoms with Crippen molar-refractivity contribution in [1.29, 1.82) is 0 Å². The summed E-state index contributed by atoms with van der Waals surface area (Å²) in [4.78, 5) is 22.8. The molecule has 0 spiro atoms. The molecule has 0 aromatic heterocycles. The van der Waals surface area contributed by atoms with Gasteiger partial charge in [0, 0.05) is 6.54 Å². The van der Waals surface area contributed by atoms with Gasteiger partial charge in [-0.2, -0.15) is 11.8 Å². The second-order valence-electron chi connectivity index (χ2n) is 4.84. The smallest absolute Gasteiger partial charge is 0.326 e. The van der Waals surface area contributed by atoms with Gasteiger partial charge in [-0.15, -0.1) is 0 Å². The Morgan fingerprint density at radius 1 is 1.29 bits per heavy atom. The standard InChI is InChI=1S/C15H22N2O3S/c1-11(12-6-4-3-5-7-12)10-16-15(20)17-13(14(18)19)8-9-21-2/h3-7,11,13H,8-10H2,1-2H3,(H,18,19)(H2,16,17,20). The van der Waals surface area contributed by atoms with E-state index in [0.717, 1.165) is 5.56 Å². The number of carbonyl (C=O) groups is 2. The number of amides is 2. The third kappa shape index (κ3) is 6.53. The van der Waals surface area contributed by atoms with Gasteiger partial charge in [0.2, 0.25) is 0 Å². The Kier molecular flexibility index (Phi) is 7.68. The van der Waals surface area contributed by atoms with Crippen LogP contribution in [0.1, 0.15) is 24.8 Å². The molecule has 5 nitrogen and oxygen atoms in total. The molecular weight excluding hydrogens is 288 g/mol. The molecule has 3 N–H and O–H groups in total. The zero-order chi connectivity index (χ0) is 15.7. The average Bonchev–Trinajstić information content (AvgIpc) is 2.49. The van der Waals surface area contributed by atoms with Gasteiger partial charge in [-0.25, -0.2) is 9.59 Å². The lowest BCUT2D eigenvalue weighted by atomic mass is 10.0. The number of aliphatic carboxylic acids is 1. The van der Waals surface area contributed by atoms with Crippen LogP contribution in [0.4, 0.5) is 4.79 Å². The summed E-state index contributed by atoms with van der Waals surface area (Å²) in [5.74, 6) is -0.140. The summed E-state index contributed by atoms with van der Waals surface area (Å²) in [6.45, 7) is 2.47. The number of rotatable bonds is 8. The van der Waals surface area contributed by atoms with Crippen LogP contribution in [0, 0.1) is 0 Å². The summed E-state index contributed by atoms with van der Waals surface area (Å²) in [5.41, 5.74) is 1.13. The molecule has 2 atom stereocenters. The van der Waals surface area contributed by atoms with E-state index in [1.165, 1.54) is 0 Å². The van der Waals surface area contributed by atoms with E-state index < -0.39 is 18.0 Å². The van der Waals surface area contributed by atoms with Crippen molar-refractivity contribution in [3.63, 3.8) is 0 Å². The van der Waals surface area contributed by atoms with Gasteiger partial charge >= 0.3 is 12.0 Å². The van der Waals surface area contributed by atoms with Crippen LogP contribution in [-0.4, -0.2) is 41.7 Å². The number of benzene rings is 1. The molecule has 0 bridgehead atoms. The zero-order valence-corrected chi connectivity index (χ0v) is 13.2. The van der Waals surface area contributed by atoms with E-state index in [1.54, 1.807) is 11.8 Å². The Hall–Kier alpha value is -1.69. The molecule has 116 valence electrons. The van der Waals surface area contributed by atoms with E-state index in [9.17, 15) is 9.59 Å². The monoisotopic (exact) mass is 310 g/mol. The van der Waals surface area contributed by atoms with E-state index in [-0.39, 0.29) is 5.92 Å². The van der Waals surface area contributed by atoms with Crippen molar-refractivity contribution >= 4 is 23.8 Å². The van der Waals surface area contributed by atoms with Gasteiger partial charge in [0.05, 0.1) is 0 Å². The number of carboxylic acids is 1. The molecule has 2 amide bonds. The summed E-state index contributed by atoms with van der Waals surface area (Å²) in [7, 11) is 0. The van der Waals surface area contributed by atoms with Gasteiger partial charge in [0.1, 0.15) is 6.04 Å². The van der Waals surface area contributed by atoms with Crippen LogP contribution in [-0.2, 0) is 4.79 Å². The van der Waals surface area contributed by atoms with Gasteiger partial charge in [-0.05, 0) is 29.9 Å². The topological polar surface area (TPSA) is 78.4 Å². The van der Waals surface area contributed by atoms with Crippen LogP contribution in [0.25, 0.3) is 0 Å². The van der Waals surface area contributed by atoms with Crippen molar-refractivity contribution < 1.29 is 14.7 Å². The highest BCUT2D eigenvalue weighted by molar-refractivity contribution is 7.98. The molecular formula is C15H22N2O3S. The minimum atomic E-state index is -1.00. The summed E-state index contributed by atoms with van der Waals surface area (Å²) in [5, 5.41) is 14.3. The molecule has 0 saturated carbocycles. The molecule has 6 heteroatoms. The minimum absolute atomic E-state index is 0.173. The number of hydrogen-bond donors (Lipinski definition) is 3. The Labute approximate surface area is 129 Å². The van der Waals surface area contributed by atoms with Crippen molar-refractivity contribution in [3.8, 4) is 0 Å². The average molecular weight is 310 g/mol. The van der Waals surface area contributed by atoms with Crippen LogP contribution in [0.15, 0.2) is 30.3 Å². The molecule has 1 aromatic carbocycles. The molecule has 0 radical (unpaired) electrons. The number of thioether (sulfide) groups is 1. The summed E-state index contributed by atoms with van der Waals surface area (Å²) >= 11 is 1.55. The third-order valence-electron chi connectivity index (χ3n) is 3.15. The Bertz CT molecular complexity index is 453. The third-order valence-corrected chi connectivity index (χ3v) is 3.80. The fourth-order valence-electron chi connectivity index (χ4n) is 1.85. The predicted octanol–water partition coefficient (Wildman–Crippen LogP) is 2.30. The van der Waals surface area contributed by atoms with Crippen molar-refractivity contribution in [2.45, 2.75) is 25.3 Å². The van der Waals surface area contributed by atoms with Gasteiger partial charge in [-0.3, -0.25) is 0 Å². The van der Waals surface area contributed by atoms with Crippen LogP contribution < -0.4 is 10.6 Å². The van der Waals surface area contributed by atoms with Crippen LogP contribution in [0.2, 0.25) is 0 Å². The van der Waals surface area contributed by atoms with Crippen LogP contribution in [0.3, 0.4) is 0 Å². The van der Waals surface area contributed by atoms with Gasteiger partial charge in [0.25, 0.3) is 0 Å². The molecule has 0 aliphatic heterocycles. The maximum absolute atomic E-state index is 11.8. The molecule has 1 rings (SSSR count). The molecule has 2 unspecified atom stereocenters. The number of hydrogen-bond acceptors (Lipinski definition) is 3. The fraction of sp³-hybridized carbons (Fsp3) is 0.467. The number of carboxylic acid groups (broad SMARTS) is 1. The van der Waals surface area contributed by atoms with Crippen molar-refractivity contribution in [2.75, 3.05) is 18.6 Å². The van der Waals surface area contributed by atoms with E-state index in [4.69, 9.17) is 5.11 Å². The molecule has 1 aromatic rings. The second kappa shape index (κ2) is 9.28. The Morgan fingerprint density at radius 3 is 2.52 bits per heavy atom. The molecule has 0 aliphatic rings. The zero-order valence-electron chi connectivity index (χ0n) is 12.3. The first kappa shape index (κ1) is 17.4. The van der Waals surface area contributed by atoms with Gasteiger partial charge < -0.3 is 15.7 Å². The van der Waals surface area contributed by atoms with E-state index in [1.807, 2.05) is 43.5 Å². The first-order valence-electron chi connectivity index (χ1n) is 6.85. The predicted molar refractivity (Wildman–Crippen MR) is 85.8 cm³/mol. The second-order valence-corrected chi connectivity index (χ2v) is 5.82. The molecule has 21 heavy (non-hydrogen) atoms. The Morgan fingerprint density at radius 2 is 1.95 bits per heavy atom. The van der Waals surface area contributed by atoms with Crippen molar-refractivity contribution in [2.24, 2.45) is 0 Å². The SMILES string of the molecule is CSCCC(NC(=O)NCC(C)c1ccccc1)C(=O)O. The first-order chi connectivity index (χ1) is 10.0. The molecule has 0 heterocycles. The molecule has 0 aliphatic carbocycles. The largest absolute Gasteiger partial charge is 0.480 e. The van der Waals surface area contributed by atoms with E-state index >= 15 is 0 Å². The molecule has 0 saturated heterocycles. The van der Waals surface area contributed by atoms with E-state index in [2.05, 4.69) is 10.6 Å². The lowest BCUT2D eigenvalue weighted by molar-refractivity contribution is -0.139. The molecule has 0 fully saturated rings. The summed E-state index contributed by atoms with van der Waals surface area (Å²) in [6.07, 6.45) is 2.32. The quantitative estimate of drug-likeness (QED) is 0.688. The van der Waals surface area contributed by atoms with Crippen molar-refractivity contribution in [3.05, 3.63) is 35.9 Å². The highest BCUT2D eigenvalue weighted by Gasteiger charge is 2.19. The van der Waals surface area contributed by atoms with Gasteiger partial charge in [-0.1, -0.05) is 37.3 Å². The summed E-state index contributed by atoms with van der Waals surface area (Å²) in [6, 6.07) is 8.57. The lowest BCUT2D eigenvalue weighted by Gasteiger charge is -2.17. The number of nitrogens with one attached hydrogen (secondary N) is 2. The maximum atomic E-state index is 11.8. The van der Waals surface area contributed by atoms with Crippen molar-refractivity contribution in [1.82, 2.24) is 10.6 Å². The summed E-state index contributed by atoms with van der Waals surface area (Å²) < 4.78 is 0. The first-order valence-corrected chi connectivity index (χ1v) is 8.25. The normalized spacial score (nSPS) is 13.2. The van der Waals surface area contributed by atoms with E-state index in [0.29, 0.717) is 18.7 Å².